The summed E-state index contributed by atoms with van der Waals surface area (Å²) in [5.41, 5.74) is 7.36. The van der Waals surface area contributed by atoms with Crippen molar-refractivity contribution in [3.63, 3.8) is 0 Å². The summed E-state index contributed by atoms with van der Waals surface area (Å²) >= 11 is 0. The molecule has 0 unspecified atom stereocenters. The highest BCUT2D eigenvalue weighted by Crippen LogP contribution is 2.33. The summed E-state index contributed by atoms with van der Waals surface area (Å²) in [4.78, 5) is 21.5. The fraction of sp³-hybridized carbons (Fsp3) is 0.412. The van der Waals surface area contributed by atoms with Gasteiger partial charge in [-0.1, -0.05) is 19.1 Å². The van der Waals surface area contributed by atoms with E-state index < -0.39 is 4.92 Å². The van der Waals surface area contributed by atoms with E-state index in [-0.39, 0.29) is 17.3 Å². The number of anilines is 4. The minimum absolute atomic E-state index is 0.122. The second-order valence-corrected chi connectivity index (χ2v) is 6.55. The molecule has 1 atom stereocenters. The molecular formula is C17H22N6O2. The Kier molecular flexibility index (Phi) is 4.69. The Hall–Kier alpha value is -2.90. The van der Waals surface area contributed by atoms with Crippen LogP contribution in [0.15, 0.2) is 24.3 Å². The molecule has 1 aliphatic rings. The number of rotatable bonds is 4. The summed E-state index contributed by atoms with van der Waals surface area (Å²) in [5, 5.41) is 14.5. The molecule has 8 nitrogen and oxygen atoms in total. The summed E-state index contributed by atoms with van der Waals surface area (Å²) in [6, 6.07) is 7.55. The van der Waals surface area contributed by atoms with Crippen molar-refractivity contribution in [3.05, 3.63) is 39.9 Å². The average Bonchev–Trinajstić information content (AvgIpc) is 2.54. The number of nitrogens with one attached hydrogen (secondary N) is 1. The minimum atomic E-state index is -0.546. The summed E-state index contributed by atoms with van der Waals surface area (Å²) in [6.45, 7) is 5.77. The van der Waals surface area contributed by atoms with Crippen LogP contribution in [-0.2, 0) is 0 Å². The molecule has 0 saturated carbocycles. The van der Waals surface area contributed by atoms with Gasteiger partial charge in [-0.15, -0.1) is 0 Å². The van der Waals surface area contributed by atoms with Gasteiger partial charge in [0.2, 0.25) is 17.6 Å². The van der Waals surface area contributed by atoms with Crippen molar-refractivity contribution in [2.24, 2.45) is 5.92 Å². The van der Waals surface area contributed by atoms with Crippen LogP contribution in [0.1, 0.15) is 25.3 Å². The van der Waals surface area contributed by atoms with Gasteiger partial charge >= 0.3 is 5.69 Å². The third-order valence-corrected chi connectivity index (χ3v) is 4.30. The largest absolute Gasteiger partial charge is 0.378 e. The van der Waals surface area contributed by atoms with Gasteiger partial charge in [-0.25, -0.2) is 0 Å². The predicted octanol–water partition coefficient (Wildman–Crippen LogP) is 3.26. The maximum absolute atomic E-state index is 11.4. The van der Waals surface area contributed by atoms with E-state index in [1.54, 1.807) is 0 Å². The SMILES string of the molecule is Cc1cccc(Nc2nc(N3CCC[C@@H](C)C3)nc(N)c2[N+](=O)[O-])c1. The Bertz CT molecular complexity index is 795. The molecular weight excluding hydrogens is 320 g/mol. The first kappa shape index (κ1) is 16.9. The Balaban J connectivity index is 2.00. The molecule has 132 valence electrons. The quantitative estimate of drug-likeness (QED) is 0.648. The zero-order valence-electron chi connectivity index (χ0n) is 14.4. The number of hydrogen-bond donors (Lipinski definition) is 2. The zero-order valence-corrected chi connectivity index (χ0v) is 14.4. The Morgan fingerprint density at radius 3 is 2.88 bits per heavy atom. The van der Waals surface area contributed by atoms with Crippen LogP contribution in [0, 0.1) is 23.0 Å². The summed E-state index contributed by atoms with van der Waals surface area (Å²) in [5.74, 6) is 0.964. The second kappa shape index (κ2) is 6.92. The van der Waals surface area contributed by atoms with Crippen molar-refractivity contribution in [2.45, 2.75) is 26.7 Å². The van der Waals surface area contributed by atoms with Gasteiger partial charge in [-0.2, -0.15) is 9.97 Å². The lowest BCUT2D eigenvalue weighted by atomic mass is 10.0. The number of nitro groups is 1. The maximum Gasteiger partial charge on any atom is 0.353 e. The van der Waals surface area contributed by atoms with Crippen molar-refractivity contribution in [1.29, 1.82) is 0 Å². The predicted molar refractivity (Wildman–Crippen MR) is 98.2 cm³/mol. The van der Waals surface area contributed by atoms with Gasteiger partial charge in [0.05, 0.1) is 4.92 Å². The van der Waals surface area contributed by atoms with E-state index >= 15 is 0 Å². The van der Waals surface area contributed by atoms with Crippen molar-refractivity contribution < 1.29 is 4.92 Å². The Morgan fingerprint density at radius 1 is 1.40 bits per heavy atom. The van der Waals surface area contributed by atoms with Crippen molar-refractivity contribution >= 4 is 29.0 Å². The van der Waals surface area contributed by atoms with Crippen LogP contribution in [0.4, 0.5) is 29.0 Å². The van der Waals surface area contributed by atoms with E-state index in [4.69, 9.17) is 5.73 Å². The van der Waals surface area contributed by atoms with Crippen LogP contribution < -0.4 is 16.0 Å². The lowest BCUT2D eigenvalue weighted by Crippen LogP contribution is -2.35. The molecule has 1 saturated heterocycles. The Morgan fingerprint density at radius 2 is 2.20 bits per heavy atom. The van der Waals surface area contributed by atoms with Crippen LogP contribution in [-0.4, -0.2) is 28.0 Å². The third kappa shape index (κ3) is 3.78. The number of nitrogen functional groups attached to an aromatic ring is 1. The highest BCUT2D eigenvalue weighted by atomic mass is 16.6. The highest BCUT2D eigenvalue weighted by molar-refractivity contribution is 5.74. The number of hydrogen-bond acceptors (Lipinski definition) is 7. The van der Waals surface area contributed by atoms with E-state index in [1.807, 2.05) is 36.1 Å². The number of aromatic nitrogens is 2. The summed E-state index contributed by atoms with van der Waals surface area (Å²) in [7, 11) is 0. The second-order valence-electron chi connectivity index (χ2n) is 6.55. The highest BCUT2D eigenvalue weighted by Gasteiger charge is 2.26. The van der Waals surface area contributed by atoms with Gasteiger partial charge in [0.25, 0.3) is 0 Å². The summed E-state index contributed by atoms with van der Waals surface area (Å²) in [6.07, 6.45) is 2.20. The zero-order chi connectivity index (χ0) is 18.0. The first-order valence-corrected chi connectivity index (χ1v) is 8.34. The molecule has 1 fully saturated rings. The standard InChI is InChI=1S/C17H22N6O2/c1-11-5-3-7-13(9-11)19-16-14(23(24)25)15(18)20-17(21-16)22-8-4-6-12(2)10-22/h3,5,7,9,12H,4,6,8,10H2,1-2H3,(H3,18,19,20,21)/t12-/m1/s1. The smallest absolute Gasteiger partial charge is 0.353 e. The van der Waals surface area contributed by atoms with Crippen molar-refractivity contribution in [1.82, 2.24) is 9.97 Å². The first-order chi connectivity index (χ1) is 11.9. The fourth-order valence-corrected chi connectivity index (χ4v) is 3.10. The topological polar surface area (TPSA) is 110 Å². The molecule has 1 aliphatic heterocycles. The number of benzene rings is 1. The van der Waals surface area contributed by atoms with Gasteiger partial charge < -0.3 is 16.0 Å². The first-order valence-electron chi connectivity index (χ1n) is 8.34. The monoisotopic (exact) mass is 342 g/mol. The van der Waals surface area contributed by atoms with Crippen LogP contribution in [0.25, 0.3) is 0 Å². The van der Waals surface area contributed by atoms with E-state index in [2.05, 4.69) is 22.2 Å². The lowest BCUT2D eigenvalue weighted by Gasteiger charge is -2.31. The molecule has 0 amide bonds. The third-order valence-electron chi connectivity index (χ3n) is 4.30. The number of aryl methyl sites for hydroxylation is 1. The average molecular weight is 342 g/mol. The van der Waals surface area contributed by atoms with Crippen LogP contribution >= 0.6 is 0 Å². The fourth-order valence-electron chi connectivity index (χ4n) is 3.10. The van der Waals surface area contributed by atoms with Gasteiger partial charge in [-0.3, -0.25) is 10.1 Å². The van der Waals surface area contributed by atoms with Crippen molar-refractivity contribution in [3.8, 4) is 0 Å². The molecule has 0 bridgehead atoms. The molecule has 2 heterocycles. The number of nitrogens with two attached hydrogens (primary N) is 1. The molecule has 0 aliphatic carbocycles. The molecule has 1 aromatic heterocycles. The number of piperidine rings is 1. The lowest BCUT2D eigenvalue weighted by molar-refractivity contribution is -0.383. The van der Waals surface area contributed by atoms with Crippen LogP contribution in [0.2, 0.25) is 0 Å². The molecule has 8 heteroatoms. The molecule has 2 aromatic rings. The van der Waals surface area contributed by atoms with E-state index in [1.165, 1.54) is 0 Å². The van der Waals surface area contributed by atoms with Gasteiger partial charge in [0.1, 0.15) is 0 Å². The van der Waals surface area contributed by atoms with E-state index in [9.17, 15) is 10.1 Å². The van der Waals surface area contributed by atoms with Gasteiger partial charge in [0, 0.05) is 18.8 Å². The molecule has 3 N–H and O–H groups in total. The summed E-state index contributed by atoms with van der Waals surface area (Å²) < 4.78 is 0. The maximum atomic E-state index is 11.4. The van der Waals surface area contributed by atoms with E-state index in [0.717, 1.165) is 37.2 Å². The van der Waals surface area contributed by atoms with Crippen LogP contribution in [0.3, 0.4) is 0 Å². The molecule has 3 rings (SSSR count). The minimum Gasteiger partial charge on any atom is -0.378 e. The van der Waals surface area contributed by atoms with Crippen LogP contribution in [0.5, 0.6) is 0 Å². The molecule has 25 heavy (non-hydrogen) atoms. The Labute approximate surface area is 146 Å². The number of nitrogens with zero attached hydrogens (tertiary/aromatic N) is 4. The molecule has 0 spiro atoms. The van der Waals surface area contributed by atoms with Gasteiger partial charge in [0.15, 0.2) is 0 Å². The normalized spacial score (nSPS) is 17.4. The van der Waals surface area contributed by atoms with Crippen molar-refractivity contribution in [2.75, 3.05) is 29.0 Å². The van der Waals surface area contributed by atoms with Gasteiger partial charge in [-0.05, 0) is 43.4 Å². The molecule has 1 aromatic carbocycles. The molecule has 0 radical (unpaired) electrons. The van der Waals surface area contributed by atoms with E-state index in [0.29, 0.717) is 11.9 Å².